The van der Waals surface area contributed by atoms with Crippen LogP contribution >= 0.6 is 0 Å². The van der Waals surface area contributed by atoms with Gasteiger partial charge in [0.25, 0.3) is 0 Å². The Labute approximate surface area is 157 Å². The summed E-state index contributed by atoms with van der Waals surface area (Å²) in [6.07, 6.45) is -3.55. The standard InChI is InChI=1S/C19H25NO7/c1-11(21)20-14-15(22)16-13(26-18(14)24-9-19(2)10-25-19)8-23-17(27-16)12-6-4-3-5-7-12/h3-7,13-18,22H,8-10H2,1-2H3,(H,20,21)/t13-,14-,15-,16-,17?,18-,19+/m1/s1. The number of hydrogen-bond donors (Lipinski definition) is 2. The minimum absolute atomic E-state index is 0.252. The maximum absolute atomic E-state index is 11.6. The van der Waals surface area contributed by atoms with Gasteiger partial charge in [0.1, 0.15) is 30.0 Å². The molecule has 3 aliphatic rings. The topological polar surface area (TPSA) is 98.8 Å². The van der Waals surface area contributed by atoms with Gasteiger partial charge in [-0.2, -0.15) is 0 Å². The van der Waals surface area contributed by atoms with Gasteiger partial charge in [-0.25, -0.2) is 0 Å². The van der Waals surface area contributed by atoms with Crippen molar-refractivity contribution in [3.05, 3.63) is 35.9 Å². The highest BCUT2D eigenvalue weighted by Gasteiger charge is 2.51. The molecule has 0 bridgehead atoms. The first-order chi connectivity index (χ1) is 13.0. The lowest BCUT2D eigenvalue weighted by Gasteiger charge is -2.47. The number of aliphatic hydroxyl groups is 1. The molecular formula is C19H25NO7. The Hall–Kier alpha value is -1.55. The van der Waals surface area contributed by atoms with E-state index in [9.17, 15) is 9.90 Å². The highest BCUT2D eigenvalue weighted by Crippen LogP contribution is 2.35. The van der Waals surface area contributed by atoms with Crippen molar-refractivity contribution in [2.45, 2.75) is 56.4 Å². The van der Waals surface area contributed by atoms with E-state index in [0.717, 1.165) is 5.56 Å². The van der Waals surface area contributed by atoms with Crippen molar-refractivity contribution in [3.8, 4) is 0 Å². The molecule has 0 radical (unpaired) electrons. The number of benzene rings is 1. The summed E-state index contributed by atoms with van der Waals surface area (Å²) in [6, 6.07) is 8.75. The molecule has 3 heterocycles. The zero-order valence-electron chi connectivity index (χ0n) is 15.4. The molecule has 1 amide bonds. The number of ether oxygens (including phenoxy) is 5. The third kappa shape index (κ3) is 4.16. The van der Waals surface area contributed by atoms with Crippen LogP contribution in [0.15, 0.2) is 30.3 Å². The van der Waals surface area contributed by atoms with E-state index < -0.39 is 36.9 Å². The van der Waals surface area contributed by atoms with E-state index in [1.807, 2.05) is 37.3 Å². The van der Waals surface area contributed by atoms with Crippen LogP contribution in [-0.4, -0.2) is 67.1 Å². The molecule has 27 heavy (non-hydrogen) atoms. The van der Waals surface area contributed by atoms with E-state index in [1.165, 1.54) is 6.92 Å². The van der Waals surface area contributed by atoms with E-state index >= 15 is 0 Å². The van der Waals surface area contributed by atoms with Gasteiger partial charge in [-0.15, -0.1) is 0 Å². The van der Waals surface area contributed by atoms with Crippen LogP contribution in [0.1, 0.15) is 25.7 Å². The fourth-order valence-electron chi connectivity index (χ4n) is 3.37. The van der Waals surface area contributed by atoms with E-state index in [-0.39, 0.29) is 18.1 Å². The lowest BCUT2D eigenvalue weighted by molar-refractivity contribution is -0.345. The molecule has 1 aromatic carbocycles. The summed E-state index contributed by atoms with van der Waals surface area (Å²) in [4.78, 5) is 11.6. The van der Waals surface area contributed by atoms with Crippen LogP contribution in [0.3, 0.4) is 0 Å². The smallest absolute Gasteiger partial charge is 0.217 e. The van der Waals surface area contributed by atoms with Crippen LogP contribution in [-0.2, 0) is 28.5 Å². The minimum atomic E-state index is -0.999. The molecule has 3 saturated heterocycles. The molecule has 0 aromatic heterocycles. The van der Waals surface area contributed by atoms with Gasteiger partial charge >= 0.3 is 0 Å². The fourth-order valence-corrected chi connectivity index (χ4v) is 3.37. The monoisotopic (exact) mass is 379 g/mol. The lowest BCUT2D eigenvalue weighted by atomic mass is 9.95. The molecule has 1 unspecified atom stereocenters. The zero-order chi connectivity index (χ0) is 19.0. The summed E-state index contributed by atoms with van der Waals surface area (Å²) in [5.41, 5.74) is 0.528. The third-order valence-corrected chi connectivity index (χ3v) is 5.00. The van der Waals surface area contributed by atoms with Crippen LogP contribution in [0.25, 0.3) is 0 Å². The van der Waals surface area contributed by atoms with Gasteiger partial charge in [0.15, 0.2) is 12.6 Å². The summed E-state index contributed by atoms with van der Waals surface area (Å²) in [5.74, 6) is -0.282. The largest absolute Gasteiger partial charge is 0.388 e. The number of aliphatic hydroxyl groups excluding tert-OH is 1. The maximum Gasteiger partial charge on any atom is 0.217 e. The first-order valence-corrected chi connectivity index (χ1v) is 9.13. The molecule has 8 heteroatoms. The Bertz CT molecular complexity index is 665. The Morgan fingerprint density at radius 3 is 2.74 bits per heavy atom. The number of rotatable bonds is 5. The van der Waals surface area contributed by atoms with E-state index in [2.05, 4.69) is 5.32 Å². The quantitative estimate of drug-likeness (QED) is 0.719. The second-order valence-electron chi connectivity index (χ2n) is 7.49. The molecule has 3 fully saturated rings. The Kier molecular flexibility index (Phi) is 5.19. The molecular weight excluding hydrogens is 354 g/mol. The average Bonchev–Trinajstić information content (AvgIpc) is 3.40. The number of carbonyl (C=O) groups is 1. The van der Waals surface area contributed by atoms with Gasteiger partial charge in [-0.1, -0.05) is 30.3 Å². The van der Waals surface area contributed by atoms with Crippen molar-refractivity contribution in [1.82, 2.24) is 5.32 Å². The molecule has 1 aromatic rings. The van der Waals surface area contributed by atoms with Crippen LogP contribution < -0.4 is 5.32 Å². The highest BCUT2D eigenvalue weighted by atomic mass is 16.8. The van der Waals surface area contributed by atoms with Gasteiger partial charge in [-0.3, -0.25) is 4.79 Å². The second kappa shape index (κ2) is 7.46. The van der Waals surface area contributed by atoms with E-state index in [4.69, 9.17) is 23.7 Å². The molecule has 148 valence electrons. The Balaban J connectivity index is 1.47. The second-order valence-corrected chi connectivity index (χ2v) is 7.49. The summed E-state index contributed by atoms with van der Waals surface area (Å²) >= 11 is 0. The summed E-state index contributed by atoms with van der Waals surface area (Å²) in [7, 11) is 0. The van der Waals surface area contributed by atoms with Crippen molar-refractivity contribution >= 4 is 5.91 Å². The van der Waals surface area contributed by atoms with E-state index in [0.29, 0.717) is 13.2 Å². The van der Waals surface area contributed by atoms with Crippen LogP contribution in [0, 0.1) is 0 Å². The normalized spacial score (nSPS) is 40.9. The summed E-state index contributed by atoms with van der Waals surface area (Å²) in [5, 5.41) is 13.6. The van der Waals surface area contributed by atoms with Crippen LogP contribution in [0.5, 0.6) is 0 Å². The zero-order valence-corrected chi connectivity index (χ0v) is 15.4. The number of epoxide rings is 1. The number of nitrogens with one attached hydrogen (secondary N) is 1. The average molecular weight is 379 g/mol. The molecule has 3 aliphatic heterocycles. The molecule has 0 saturated carbocycles. The molecule has 0 aliphatic carbocycles. The van der Waals surface area contributed by atoms with Crippen molar-refractivity contribution in [1.29, 1.82) is 0 Å². The third-order valence-electron chi connectivity index (χ3n) is 5.00. The molecule has 7 atom stereocenters. The number of hydrogen-bond acceptors (Lipinski definition) is 7. The predicted octanol–water partition coefficient (Wildman–Crippen LogP) is 0.497. The Morgan fingerprint density at radius 1 is 1.33 bits per heavy atom. The first-order valence-electron chi connectivity index (χ1n) is 9.13. The number of carbonyl (C=O) groups excluding carboxylic acids is 1. The summed E-state index contributed by atoms with van der Waals surface area (Å²) in [6.45, 7) is 4.50. The van der Waals surface area contributed by atoms with Crippen molar-refractivity contribution in [2.24, 2.45) is 0 Å². The first kappa shape index (κ1) is 18.8. The highest BCUT2D eigenvalue weighted by molar-refractivity contribution is 5.73. The van der Waals surface area contributed by atoms with E-state index in [1.54, 1.807) is 0 Å². The summed E-state index contributed by atoms with van der Waals surface area (Å²) < 4.78 is 28.9. The predicted molar refractivity (Wildman–Crippen MR) is 92.6 cm³/mol. The van der Waals surface area contributed by atoms with Crippen molar-refractivity contribution in [3.63, 3.8) is 0 Å². The molecule has 4 rings (SSSR count). The number of amides is 1. The lowest BCUT2D eigenvalue weighted by Crippen LogP contribution is -2.66. The van der Waals surface area contributed by atoms with Crippen LogP contribution in [0.4, 0.5) is 0 Å². The molecule has 2 N–H and O–H groups in total. The maximum atomic E-state index is 11.6. The minimum Gasteiger partial charge on any atom is -0.388 e. The van der Waals surface area contributed by atoms with Gasteiger partial charge in [0, 0.05) is 12.5 Å². The number of fused-ring (bicyclic) bond motifs is 1. The fraction of sp³-hybridized carbons (Fsp3) is 0.632. The van der Waals surface area contributed by atoms with Crippen molar-refractivity contribution in [2.75, 3.05) is 19.8 Å². The van der Waals surface area contributed by atoms with Gasteiger partial charge in [0.05, 0.1) is 19.8 Å². The molecule has 8 nitrogen and oxygen atoms in total. The van der Waals surface area contributed by atoms with Gasteiger partial charge < -0.3 is 34.1 Å². The Morgan fingerprint density at radius 2 is 2.07 bits per heavy atom. The van der Waals surface area contributed by atoms with Gasteiger partial charge in [0.2, 0.25) is 5.91 Å². The molecule has 0 spiro atoms. The SMILES string of the molecule is CC(=O)N[C@H]1[C@H](OC[C@@]2(C)CO2)O[C@@H]2COC(c3ccccc3)O[C@H]2[C@@H]1O. The van der Waals surface area contributed by atoms with Crippen LogP contribution in [0.2, 0.25) is 0 Å². The van der Waals surface area contributed by atoms with Crippen molar-refractivity contribution < 1.29 is 33.6 Å². The van der Waals surface area contributed by atoms with Gasteiger partial charge in [-0.05, 0) is 6.92 Å².